The molecule has 1 saturated carbocycles. The molecule has 2 unspecified atom stereocenters. The fraction of sp³-hybridized carbons (Fsp3) is 0.500. The van der Waals surface area contributed by atoms with Crippen molar-refractivity contribution in [2.45, 2.75) is 25.7 Å². The number of nitrogens with two attached hydrogens (primary N) is 1. The molecule has 1 aromatic rings. The van der Waals surface area contributed by atoms with Crippen LogP contribution in [0.5, 0.6) is 0 Å². The number of benzene rings is 1. The molecule has 1 aromatic carbocycles. The van der Waals surface area contributed by atoms with E-state index in [1.807, 2.05) is 0 Å². The van der Waals surface area contributed by atoms with Crippen molar-refractivity contribution in [1.29, 1.82) is 0 Å². The monoisotopic (exact) mass is 290 g/mol. The molecule has 0 heterocycles. The van der Waals surface area contributed by atoms with Gasteiger partial charge in [-0.25, -0.2) is 4.79 Å². The third-order valence-electron chi connectivity index (χ3n) is 4.12. The average Bonchev–Trinajstić information content (AvgIpc) is 2.54. The van der Waals surface area contributed by atoms with Crippen molar-refractivity contribution in [3.05, 3.63) is 29.8 Å². The van der Waals surface area contributed by atoms with Gasteiger partial charge in [-0.1, -0.05) is 12.8 Å². The third-order valence-corrected chi connectivity index (χ3v) is 4.12. The maximum atomic E-state index is 12.4. The summed E-state index contributed by atoms with van der Waals surface area (Å²) in [5, 5.41) is 2.91. The normalized spacial score (nSPS) is 21.6. The summed E-state index contributed by atoms with van der Waals surface area (Å²) >= 11 is 0. The molecule has 1 aliphatic rings. The zero-order valence-corrected chi connectivity index (χ0v) is 12.3. The first kappa shape index (κ1) is 15.5. The van der Waals surface area contributed by atoms with Gasteiger partial charge in [0.2, 0.25) is 5.91 Å². The highest BCUT2D eigenvalue weighted by Crippen LogP contribution is 2.30. The molecule has 0 radical (unpaired) electrons. The van der Waals surface area contributed by atoms with Crippen LogP contribution in [0.3, 0.4) is 0 Å². The largest absolute Gasteiger partial charge is 0.465 e. The Hall–Kier alpha value is -1.88. The highest BCUT2D eigenvalue weighted by Gasteiger charge is 2.29. The van der Waals surface area contributed by atoms with E-state index < -0.39 is 0 Å². The molecule has 0 aromatic heterocycles. The smallest absolute Gasteiger partial charge is 0.337 e. The summed E-state index contributed by atoms with van der Waals surface area (Å²) in [5.74, 6) is -0.101. The van der Waals surface area contributed by atoms with E-state index in [4.69, 9.17) is 5.73 Å². The second-order valence-electron chi connectivity index (χ2n) is 5.44. The number of hydrogen-bond donors (Lipinski definition) is 2. The van der Waals surface area contributed by atoms with Crippen LogP contribution in [0.4, 0.5) is 5.69 Å². The van der Waals surface area contributed by atoms with Crippen LogP contribution in [0.25, 0.3) is 0 Å². The minimum absolute atomic E-state index is 0.0102. The zero-order chi connectivity index (χ0) is 15.2. The summed E-state index contributed by atoms with van der Waals surface area (Å²) in [5.41, 5.74) is 6.92. The predicted molar refractivity (Wildman–Crippen MR) is 80.9 cm³/mol. The molecule has 0 saturated heterocycles. The van der Waals surface area contributed by atoms with Crippen molar-refractivity contribution in [2.24, 2.45) is 17.6 Å². The highest BCUT2D eigenvalue weighted by molar-refractivity contribution is 5.94. The fourth-order valence-electron chi connectivity index (χ4n) is 2.88. The Balaban J connectivity index is 2.00. The number of rotatable bonds is 4. The summed E-state index contributed by atoms with van der Waals surface area (Å²) in [6.07, 6.45) is 4.15. The van der Waals surface area contributed by atoms with Crippen LogP contribution in [0.15, 0.2) is 24.3 Å². The first-order valence-electron chi connectivity index (χ1n) is 7.35. The van der Waals surface area contributed by atoms with Gasteiger partial charge >= 0.3 is 5.97 Å². The Labute approximate surface area is 124 Å². The molecule has 1 amide bonds. The van der Waals surface area contributed by atoms with Gasteiger partial charge in [0.05, 0.1) is 12.7 Å². The Kier molecular flexibility index (Phi) is 5.33. The zero-order valence-electron chi connectivity index (χ0n) is 12.3. The van der Waals surface area contributed by atoms with Crippen molar-refractivity contribution < 1.29 is 14.3 Å². The van der Waals surface area contributed by atoms with Crippen LogP contribution in [0, 0.1) is 11.8 Å². The molecule has 21 heavy (non-hydrogen) atoms. The minimum atomic E-state index is -0.386. The molecule has 0 aliphatic heterocycles. The predicted octanol–water partition coefficient (Wildman–Crippen LogP) is 2.18. The van der Waals surface area contributed by atoms with Crippen LogP contribution >= 0.6 is 0 Å². The van der Waals surface area contributed by atoms with E-state index in [-0.39, 0.29) is 23.7 Å². The number of ether oxygens (including phenoxy) is 1. The van der Waals surface area contributed by atoms with Gasteiger partial charge in [-0.3, -0.25) is 4.79 Å². The number of hydrogen-bond acceptors (Lipinski definition) is 4. The van der Waals surface area contributed by atoms with Gasteiger partial charge in [0.15, 0.2) is 0 Å². The maximum absolute atomic E-state index is 12.4. The lowest BCUT2D eigenvalue weighted by atomic mass is 9.78. The molecular formula is C16H22N2O3. The molecule has 1 fully saturated rings. The second kappa shape index (κ2) is 7.22. The second-order valence-corrected chi connectivity index (χ2v) is 5.44. The first-order chi connectivity index (χ1) is 10.2. The van der Waals surface area contributed by atoms with E-state index in [1.165, 1.54) is 7.11 Å². The fourth-order valence-corrected chi connectivity index (χ4v) is 2.88. The Morgan fingerprint density at radius 3 is 2.52 bits per heavy atom. The molecule has 1 aliphatic carbocycles. The number of methoxy groups -OCH3 is 1. The maximum Gasteiger partial charge on any atom is 0.337 e. The van der Waals surface area contributed by atoms with Crippen LogP contribution in [-0.4, -0.2) is 25.5 Å². The van der Waals surface area contributed by atoms with Gasteiger partial charge in [0.25, 0.3) is 0 Å². The number of carbonyl (C=O) groups is 2. The summed E-state index contributed by atoms with van der Waals surface area (Å²) in [7, 11) is 1.34. The average molecular weight is 290 g/mol. The van der Waals surface area contributed by atoms with Gasteiger partial charge in [0, 0.05) is 11.6 Å². The Morgan fingerprint density at radius 1 is 1.24 bits per heavy atom. The Bertz CT molecular complexity index is 499. The third kappa shape index (κ3) is 3.82. The number of esters is 1. The van der Waals surface area contributed by atoms with Crippen LogP contribution in [0.1, 0.15) is 36.0 Å². The molecule has 5 heteroatoms. The van der Waals surface area contributed by atoms with Crippen molar-refractivity contribution in [3.63, 3.8) is 0 Å². The standard InChI is InChI=1S/C16H22N2O3/c1-21-16(20)11-6-8-13(9-7-11)18-15(19)14-5-3-2-4-12(14)10-17/h6-9,12,14H,2-5,10,17H2,1H3,(H,18,19). The number of anilines is 1. The van der Waals surface area contributed by atoms with Crippen LogP contribution < -0.4 is 11.1 Å². The van der Waals surface area contributed by atoms with E-state index in [9.17, 15) is 9.59 Å². The molecule has 0 spiro atoms. The van der Waals surface area contributed by atoms with Gasteiger partial charge in [0.1, 0.15) is 0 Å². The van der Waals surface area contributed by atoms with Gasteiger partial charge < -0.3 is 15.8 Å². The van der Waals surface area contributed by atoms with Crippen molar-refractivity contribution in [1.82, 2.24) is 0 Å². The quantitative estimate of drug-likeness (QED) is 0.833. The van der Waals surface area contributed by atoms with Gasteiger partial charge in [-0.2, -0.15) is 0 Å². The summed E-state index contributed by atoms with van der Waals surface area (Å²) in [6.45, 7) is 0.555. The lowest BCUT2D eigenvalue weighted by Crippen LogP contribution is -2.35. The lowest BCUT2D eigenvalue weighted by molar-refractivity contribution is -0.122. The van der Waals surface area contributed by atoms with Crippen molar-refractivity contribution in [2.75, 3.05) is 19.0 Å². The lowest BCUT2D eigenvalue weighted by Gasteiger charge is -2.29. The highest BCUT2D eigenvalue weighted by atomic mass is 16.5. The van der Waals surface area contributed by atoms with E-state index in [0.29, 0.717) is 17.8 Å². The molecular weight excluding hydrogens is 268 g/mol. The molecule has 3 N–H and O–H groups in total. The van der Waals surface area contributed by atoms with Crippen LogP contribution in [0.2, 0.25) is 0 Å². The summed E-state index contributed by atoms with van der Waals surface area (Å²) < 4.78 is 4.64. The van der Waals surface area contributed by atoms with E-state index in [2.05, 4.69) is 10.1 Å². The summed E-state index contributed by atoms with van der Waals surface area (Å²) in [6, 6.07) is 6.71. The van der Waals surface area contributed by atoms with E-state index >= 15 is 0 Å². The number of carbonyl (C=O) groups excluding carboxylic acids is 2. The van der Waals surface area contributed by atoms with E-state index in [0.717, 1.165) is 25.7 Å². The molecule has 2 rings (SSSR count). The van der Waals surface area contributed by atoms with E-state index in [1.54, 1.807) is 24.3 Å². The molecule has 114 valence electrons. The minimum Gasteiger partial charge on any atom is -0.465 e. The van der Waals surface area contributed by atoms with Crippen molar-refractivity contribution in [3.8, 4) is 0 Å². The summed E-state index contributed by atoms with van der Waals surface area (Å²) in [4.78, 5) is 23.7. The molecule has 2 atom stereocenters. The van der Waals surface area contributed by atoms with Crippen molar-refractivity contribution >= 4 is 17.6 Å². The molecule has 0 bridgehead atoms. The number of amides is 1. The SMILES string of the molecule is COC(=O)c1ccc(NC(=O)C2CCCCC2CN)cc1. The molecule has 5 nitrogen and oxygen atoms in total. The topological polar surface area (TPSA) is 81.4 Å². The number of nitrogens with one attached hydrogen (secondary N) is 1. The van der Waals surface area contributed by atoms with Gasteiger partial charge in [-0.05, 0) is 49.6 Å². The first-order valence-corrected chi connectivity index (χ1v) is 7.35. The van der Waals surface area contributed by atoms with Gasteiger partial charge in [-0.15, -0.1) is 0 Å². The van der Waals surface area contributed by atoms with Crippen LogP contribution in [-0.2, 0) is 9.53 Å². The Morgan fingerprint density at radius 2 is 1.90 bits per heavy atom.